The van der Waals surface area contributed by atoms with Crippen molar-refractivity contribution in [2.24, 2.45) is 17.8 Å². The first-order valence-corrected chi connectivity index (χ1v) is 7.33. The predicted molar refractivity (Wildman–Crippen MR) is 70.0 cm³/mol. The van der Waals surface area contributed by atoms with Gasteiger partial charge in [-0.05, 0) is 77.2 Å². The Labute approximate surface area is 105 Å². The lowest BCUT2D eigenvalue weighted by Gasteiger charge is -2.56. The first-order valence-electron chi connectivity index (χ1n) is 7.33. The topological polar surface area (TPSA) is 21.3 Å². The van der Waals surface area contributed by atoms with E-state index in [0.717, 1.165) is 24.4 Å². The van der Waals surface area contributed by atoms with Crippen LogP contribution in [0, 0.1) is 17.8 Å². The summed E-state index contributed by atoms with van der Waals surface area (Å²) >= 11 is 0. The molecule has 4 rings (SSSR count). The maximum atomic E-state index is 6.44. The molecule has 4 saturated carbocycles. The van der Waals surface area contributed by atoms with Gasteiger partial charge >= 0.3 is 0 Å². The molecule has 4 aliphatic rings. The van der Waals surface area contributed by atoms with E-state index in [2.05, 4.69) is 19.2 Å². The monoisotopic (exact) mass is 237 g/mol. The van der Waals surface area contributed by atoms with Crippen molar-refractivity contribution in [3.05, 3.63) is 0 Å². The average molecular weight is 237 g/mol. The Bertz CT molecular complexity index is 262. The molecule has 0 amide bonds. The molecule has 0 aromatic heterocycles. The number of hydrogen-bond acceptors (Lipinski definition) is 2. The SMILES string of the molecule is CNC(C)(C)COC12CC3CC(CC(C3)C1)C2. The van der Waals surface area contributed by atoms with E-state index in [0.29, 0.717) is 0 Å². The van der Waals surface area contributed by atoms with E-state index in [9.17, 15) is 0 Å². The maximum absolute atomic E-state index is 6.44. The van der Waals surface area contributed by atoms with Crippen LogP contribution in [0.2, 0.25) is 0 Å². The minimum absolute atomic E-state index is 0.114. The van der Waals surface area contributed by atoms with Crippen LogP contribution in [0.25, 0.3) is 0 Å². The van der Waals surface area contributed by atoms with Gasteiger partial charge in [-0.15, -0.1) is 0 Å². The van der Waals surface area contributed by atoms with Gasteiger partial charge in [-0.1, -0.05) is 0 Å². The molecular weight excluding hydrogens is 210 g/mol. The highest BCUT2D eigenvalue weighted by Crippen LogP contribution is 2.57. The van der Waals surface area contributed by atoms with Crippen molar-refractivity contribution < 1.29 is 4.74 Å². The van der Waals surface area contributed by atoms with Crippen LogP contribution < -0.4 is 5.32 Å². The van der Waals surface area contributed by atoms with Crippen LogP contribution >= 0.6 is 0 Å². The zero-order valence-corrected chi connectivity index (χ0v) is 11.6. The Kier molecular flexibility index (Phi) is 2.79. The number of rotatable bonds is 4. The Morgan fingerprint density at radius 2 is 1.53 bits per heavy atom. The third-order valence-electron chi connectivity index (χ3n) is 5.40. The van der Waals surface area contributed by atoms with Gasteiger partial charge in [-0.3, -0.25) is 0 Å². The van der Waals surface area contributed by atoms with Crippen LogP contribution in [-0.4, -0.2) is 24.8 Å². The van der Waals surface area contributed by atoms with Gasteiger partial charge in [0.15, 0.2) is 0 Å². The van der Waals surface area contributed by atoms with Crippen LogP contribution in [0.5, 0.6) is 0 Å². The van der Waals surface area contributed by atoms with E-state index in [1.165, 1.54) is 38.5 Å². The summed E-state index contributed by atoms with van der Waals surface area (Å²) in [5.74, 6) is 2.96. The maximum Gasteiger partial charge on any atom is 0.0691 e. The molecule has 0 saturated heterocycles. The third-order valence-corrected chi connectivity index (χ3v) is 5.40. The highest BCUT2D eigenvalue weighted by molar-refractivity contribution is 5.03. The highest BCUT2D eigenvalue weighted by Gasteiger charge is 2.51. The Morgan fingerprint density at radius 3 is 1.94 bits per heavy atom. The Hall–Kier alpha value is -0.0800. The van der Waals surface area contributed by atoms with Gasteiger partial charge in [0.25, 0.3) is 0 Å². The van der Waals surface area contributed by atoms with Crippen LogP contribution in [0.15, 0.2) is 0 Å². The molecule has 0 aliphatic heterocycles. The van der Waals surface area contributed by atoms with E-state index in [4.69, 9.17) is 4.74 Å². The molecule has 0 aromatic rings. The van der Waals surface area contributed by atoms with E-state index < -0.39 is 0 Å². The van der Waals surface area contributed by atoms with Crippen molar-refractivity contribution >= 4 is 0 Å². The van der Waals surface area contributed by atoms with Crippen LogP contribution in [-0.2, 0) is 4.74 Å². The number of ether oxygens (including phenoxy) is 1. The van der Waals surface area contributed by atoms with Crippen molar-refractivity contribution in [2.45, 2.75) is 63.5 Å². The molecule has 0 spiro atoms. The molecule has 0 atom stereocenters. The van der Waals surface area contributed by atoms with Crippen molar-refractivity contribution in [2.75, 3.05) is 13.7 Å². The van der Waals surface area contributed by atoms with Gasteiger partial charge in [0.1, 0.15) is 0 Å². The van der Waals surface area contributed by atoms with Gasteiger partial charge in [0.2, 0.25) is 0 Å². The van der Waals surface area contributed by atoms with E-state index >= 15 is 0 Å². The second kappa shape index (κ2) is 3.96. The van der Waals surface area contributed by atoms with Crippen LogP contribution in [0.4, 0.5) is 0 Å². The summed E-state index contributed by atoms with van der Waals surface area (Å²) in [6.07, 6.45) is 8.53. The van der Waals surface area contributed by atoms with E-state index in [1.54, 1.807) is 0 Å². The quantitative estimate of drug-likeness (QED) is 0.811. The van der Waals surface area contributed by atoms with Gasteiger partial charge < -0.3 is 10.1 Å². The summed E-state index contributed by atoms with van der Waals surface area (Å²) in [6, 6.07) is 0. The van der Waals surface area contributed by atoms with Crippen molar-refractivity contribution in [1.82, 2.24) is 5.32 Å². The first kappa shape index (κ1) is 12.0. The summed E-state index contributed by atoms with van der Waals surface area (Å²) < 4.78 is 6.44. The highest BCUT2D eigenvalue weighted by atomic mass is 16.5. The summed E-state index contributed by atoms with van der Waals surface area (Å²) in [4.78, 5) is 0. The molecule has 17 heavy (non-hydrogen) atoms. The smallest absolute Gasteiger partial charge is 0.0691 e. The summed E-state index contributed by atoms with van der Waals surface area (Å²) in [5.41, 5.74) is 0.381. The molecule has 1 N–H and O–H groups in total. The summed E-state index contributed by atoms with van der Waals surface area (Å²) in [6.45, 7) is 5.32. The molecule has 4 fully saturated rings. The lowest BCUT2D eigenvalue weighted by molar-refractivity contribution is -0.170. The summed E-state index contributed by atoms with van der Waals surface area (Å²) in [7, 11) is 2.03. The molecule has 98 valence electrons. The second-order valence-electron chi connectivity index (χ2n) is 7.52. The molecule has 0 unspecified atom stereocenters. The minimum atomic E-state index is 0.114. The fourth-order valence-corrected chi connectivity index (χ4v) is 4.61. The Balaban J connectivity index is 1.66. The second-order valence-corrected chi connectivity index (χ2v) is 7.52. The number of hydrogen-bond donors (Lipinski definition) is 1. The van der Waals surface area contributed by atoms with Gasteiger partial charge in [-0.25, -0.2) is 0 Å². The van der Waals surface area contributed by atoms with Crippen molar-refractivity contribution in [3.63, 3.8) is 0 Å². The van der Waals surface area contributed by atoms with Crippen LogP contribution in [0.3, 0.4) is 0 Å². The lowest BCUT2D eigenvalue weighted by Crippen LogP contribution is -2.54. The molecule has 0 aromatic carbocycles. The molecule has 4 aliphatic carbocycles. The zero-order valence-electron chi connectivity index (χ0n) is 11.6. The van der Waals surface area contributed by atoms with E-state index in [-0.39, 0.29) is 11.1 Å². The fourth-order valence-electron chi connectivity index (χ4n) is 4.61. The lowest BCUT2D eigenvalue weighted by atomic mass is 9.54. The first-order chi connectivity index (χ1) is 8.00. The van der Waals surface area contributed by atoms with Gasteiger partial charge in [0, 0.05) is 5.54 Å². The molecule has 2 nitrogen and oxygen atoms in total. The standard InChI is InChI=1S/C15H27NO/c1-14(2,16-3)10-17-15-7-11-4-12(8-15)6-13(5-11)9-15/h11-13,16H,4-10H2,1-3H3. The zero-order chi connectivity index (χ0) is 12.1. The van der Waals surface area contributed by atoms with E-state index in [1.807, 2.05) is 7.05 Å². The summed E-state index contributed by atoms with van der Waals surface area (Å²) in [5, 5.41) is 3.35. The molecule has 4 bridgehead atoms. The minimum Gasteiger partial charge on any atom is -0.373 e. The normalized spacial score (nSPS) is 44.3. The Morgan fingerprint density at radius 1 is 1.06 bits per heavy atom. The van der Waals surface area contributed by atoms with Gasteiger partial charge in [-0.2, -0.15) is 0 Å². The molecule has 0 radical (unpaired) electrons. The van der Waals surface area contributed by atoms with Gasteiger partial charge in [0.05, 0.1) is 12.2 Å². The van der Waals surface area contributed by atoms with Crippen molar-refractivity contribution in [3.8, 4) is 0 Å². The van der Waals surface area contributed by atoms with Crippen molar-refractivity contribution in [1.29, 1.82) is 0 Å². The largest absolute Gasteiger partial charge is 0.373 e. The number of nitrogens with one attached hydrogen (secondary N) is 1. The predicted octanol–water partition coefficient (Wildman–Crippen LogP) is 2.97. The molecule has 2 heteroatoms. The molecular formula is C15H27NO. The third kappa shape index (κ3) is 2.26. The van der Waals surface area contributed by atoms with Crippen LogP contribution in [0.1, 0.15) is 52.4 Å². The number of likely N-dealkylation sites (N-methyl/N-ethyl adjacent to an activating group) is 1. The average Bonchev–Trinajstić information content (AvgIpc) is 2.25. The molecule has 0 heterocycles. The fraction of sp³-hybridized carbons (Fsp3) is 1.00.